The zero-order chi connectivity index (χ0) is 13.1. The van der Waals surface area contributed by atoms with Gasteiger partial charge in [-0.2, -0.15) is 0 Å². The Kier molecular flexibility index (Phi) is 4.28. The van der Waals surface area contributed by atoms with E-state index in [1.807, 2.05) is 24.3 Å². The fourth-order valence-electron chi connectivity index (χ4n) is 2.08. The summed E-state index contributed by atoms with van der Waals surface area (Å²) in [5.41, 5.74) is 2.43. The van der Waals surface area contributed by atoms with Crippen molar-refractivity contribution in [3.05, 3.63) is 69.7 Å². The van der Waals surface area contributed by atoms with Gasteiger partial charge >= 0.3 is 0 Å². The summed E-state index contributed by atoms with van der Waals surface area (Å²) in [4.78, 5) is 2.17. The fourth-order valence-corrected chi connectivity index (χ4v) is 2.33. The molecule has 3 heteroatoms. The molecular weight excluding hydrogens is 265 g/mol. The molecule has 1 nitrogen and oxygen atoms in total. The van der Waals surface area contributed by atoms with E-state index < -0.39 is 0 Å². The standard InChI is InChI=1S/C15H15Cl2N/c1-18(2)15(11-3-7-13(16)8-4-11)12-5-9-14(17)10-6-12/h3-10,15H,1-2H3. The van der Waals surface area contributed by atoms with Crippen LogP contribution >= 0.6 is 23.2 Å². The number of benzene rings is 2. The fraction of sp³-hybridized carbons (Fsp3) is 0.200. The molecule has 0 saturated heterocycles. The van der Waals surface area contributed by atoms with Crippen molar-refractivity contribution < 1.29 is 0 Å². The van der Waals surface area contributed by atoms with Gasteiger partial charge in [-0.25, -0.2) is 0 Å². The lowest BCUT2D eigenvalue weighted by Gasteiger charge is -2.25. The third-order valence-electron chi connectivity index (χ3n) is 2.89. The van der Waals surface area contributed by atoms with Crippen molar-refractivity contribution in [3.8, 4) is 0 Å². The topological polar surface area (TPSA) is 3.24 Å². The monoisotopic (exact) mass is 279 g/mol. The first-order valence-corrected chi connectivity index (χ1v) is 6.51. The van der Waals surface area contributed by atoms with Crippen molar-refractivity contribution in [2.45, 2.75) is 6.04 Å². The largest absolute Gasteiger partial charge is 0.299 e. The predicted octanol–water partition coefficient (Wildman–Crippen LogP) is 4.64. The molecule has 0 heterocycles. The van der Waals surface area contributed by atoms with Crippen molar-refractivity contribution in [3.63, 3.8) is 0 Å². The number of hydrogen-bond acceptors (Lipinski definition) is 1. The first kappa shape index (κ1) is 13.4. The molecule has 0 unspecified atom stereocenters. The highest BCUT2D eigenvalue weighted by Gasteiger charge is 2.16. The summed E-state index contributed by atoms with van der Waals surface area (Å²) in [6.45, 7) is 0. The highest BCUT2D eigenvalue weighted by Crippen LogP contribution is 2.28. The lowest BCUT2D eigenvalue weighted by atomic mass is 9.98. The Morgan fingerprint density at radius 2 is 1.06 bits per heavy atom. The molecule has 0 aliphatic heterocycles. The molecule has 0 N–H and O–H groups in total. The van der Waals surface area contributed by atoms with Gasteiger partial charge in [0.15, 0.2) is 0 Å². The Hall–Kier alpha value is -1.02. The van der Waals surface area contributed by atoms with Crippen LogP contribution in [0.4, 0.5) is 0 Å². The SMILES string of the molecule is CN(C)C(c1ccc(Cl)cc1)c1ccc(Cl)cc1. The van der Waals surface area contributed by atoms with E-state index in [2.05, 4.69) is 43.3 Å². The van der Waals surface area contributed by atoms with Crippen LogP contribution in [0.3, 0.4) is 0 Å². The average Bonchev–Trinajstić information content (AvgIpc) is 2.34. The van der Waals surface area contributed by atoms with Crippen molar-refractivity contribution in [1.82, 2.24) is 4.90 Å². The van der Waals surface area contributed by atoms with E-state index in [1.54, 1.807) is 0 Å². The summed E-state index contributed by atoms with van der Waals surface area (Å²) in [5.74, 6) is 0. The van der Waals surface area contributed by atoms with Gasteiger partial charge in [-0.1, -0.05) is 47.5 Å². The molecule has 0 bridgehead atoms. The molecule has 0 radical (unpaired) electrons. The van der Waals surface area contributed by atoms with E-state index in [-0.39, 0.29) is 6.04 Å². The lowest BCUT2D eigenvalue weighted by Crippen LogP contribution is -2.20. The van der Waals surface area contributed by atoms with E-state index in [0.717, 1.165) is 10.0 Å². The summed E-state index contributed by atoms with van der Waals surface area (Å²) < 4.78 is 0. The number of halogens is 2. The van der Waals surface area contributed by atoms with Crippen LogP contribution in [-0.2, 0) is 0 Å². The number of nitrogens with zero attached hydrogens (tertiary/aromatic N) is 1. The number of rotatable bonds is 3. The smallest absolute Gasteiger partial charge is 0.0596 e. The van der Waals surface area contributed by atoms with E-state index in [9.17, 15) is 0 Å². The Morgan fingerprint density at radius 3 is 1.33 bits per heavy atom. The van der Waals surface area contributed by atoms with E-state index in [0.29, 0.717) is 0 Å². The van der Waals surface area contributed by atoms with Gasteiger partial charge in [0.2, 0.25) is 0 Å². The second kappa shape index (κ2) is 5.75. The summed E-state index contributed by atoms with van der Waals surface area (Å²) in [6, 6.07) is 16.1. The molecule has 0 aliphatic rings. The maximum Gasteiger partial charge on any atom is 0.0596 e. The molecule has 18 heavy (non-hydrogen) atoms. The first-order chi connectivity index (χ1) is 8.58. The first-order valence-electron chi connectivity index (χ1n) is 5.75. The highest BCUT2D eigenvalue weighted by molar-refractivity contribution is 6.30. The van der Waals surface area contributed by atoms with Crippen LogP contribution in [0, 0.1) is 0 Å². The van der Waals surface area contributed by atoms with E-state index in [1.165, 1.54) is 11.1 Å². The van der Waals surface area contributed by atoms with Gasteiger partial charge in [0, 0.05) is 10.0 Å². The number of hydrogen-bond donors (Lipinski definition) is 0. The molecule has 0 atom stereocenters. The second-order valence-electron chi connectivity index (χ2n) is 4.47. The van der Waals surface area contributed by atoms with Crippen LogP contribution in [0.1, 0.15) is 17.2 Å². The average molecular weight is 280 g/mol. The van der Waals surface area contributed by atoms with Gasteiger partial charge in [-0.15, -0.1) is 0 Å². The van der Waals surface area contributed by atoms with Crippen molar-refractivity contribution in [2.75, 3.05) is 14.1 Å². The summed E-state index contributed by atoms with van der Waals surface area (Å²) in [5, 5.41) is 1.51. The maximum absolute atomic E-state index is 5.93. The molecule has 0 aromatic heterocycles. The van der Waals surface area contributed by atoms with Crippen LogP contribution in [0.2, 0.25) is 10.0 Å². The van der Waals surface area contributed by atoms with Gasteiger partial charge in [0.25, 0.3) is 0 Å². The summed E-state index contributed by atoms with van der Waals surface area (Å²) >= 11 is 11.9. The van der Waals surface area contributed by atoms with Gasteiger partial charge in [0.1, 0.15) is 0 Å². The minimum absolute atomic E-state index is 0.208. The van der Waals surface area contributed by atoms with Crippen molar-refractivity contribution >= 4 is 23.2 Å². The molecular formula is C15H15Cl2N. The molecule has 2 aromatic rings. The summed E-state index contributed by atoms with van der Waals surface area (Å²) in [7, 11) is 4.13. The molecule has 0 saturated carbocycles. The zero-order valence-electron chi connectivity index (χ0n) is 10.4. The third kappa shape index (κ3) is 3.05. The Morgan fingerprint density at radius 1 is 0.722 bits per heavy atom. The normalized spacial score (nSPS) is 11.2. The summed E-state index contributed by atoms with van der Waals surface area (Å²) in [6.07, 6.45) is 0. The van der Waals surface area contributed by atoms with Crippen LogP contribution in [0.15, 0.2) is 48.5 Å². The van der Waals surface area contributed by atoms with Crippen LogP contribution in [0.5, 0.6) is 0 Å². The van der Waals surface area contributed by atoms with Gasteiger partial charge in [-0.05, 0) is 49.5 Å². The zero-order valence-corrected chi connectivity index (χ0v) is 11.9. The predicted molar refractivity (Wildman–Crippen MR) is 78.4 cm³/mol. The maximum atomic E-state index is 5.93. The Labute approximate surface area is 118 Å². The quantitative estimate of drug-likeness (QED) is 0.791. The molecule has 0 spiro atoms. The second-order valence-corrected chi connectivity index (χ2v) is 5.34. The molecule has 0 fully saturated rings. The minimum atomic E-state index is 0.208. The highest BCUT2D eigenvalue weighted by atomic mass is 35.5. The van der Waals surface area contributed by atoms with E-state index in [4.69, 9.17) is 23.2 Å². The molecule has 0 amide bonds. The Bertz CT molecular complexity index is 458. The third-order valence-corrected chi connectivity index (χ3v) is 3.39. The lowest BCUT2D eigenvalue weighted by molar-refractivity contribution is 0.342. The molecule has 94 valence electrons. The van der Waals surface area contributed by atoms with Gasteiger partial charge in [0.05, 0.1) is 6.04 Å². The minimum Gasteiger partial charge on any atom is -0.299 e. The van der Waals surface area contributed by atoms with E-state index >= 15 is 0 Å². The van der Waals surface area contributed by atoms with Crippen molar-refractivity contribution in [2.24, 2.45) is 0 Å². The van der Waals surface area contributed by atoms with Crippen LogP contribution in [-0.4, -0.2) is 19.0 Å². The molecule has 2 aromatic carbocycles. The molecule has 0 aliphatic carbocycles. The van der Waals surface area contributed by atoms with Gasteiger partial charge < -0.3 is 0 Å². The van der Waals surface area contributed by atoms with Crippen LogP contribution < -0.4 is 0 Å². The Balaban J connectivity index is 2.39. The van der Waals surface area contributed by atoms with Crippen LogP contribution in [0.25, 0.3) is 0 Å². The van der Waals surface area contributed by atoms with Gasteiger partial charge in [-0.3, -0.25) is 4.90 Å². The van der Waals surface area contributed by atoms with Crippen molar-refractivity contribution in [1.29, 1.82) is 0 Å². The molecule has 2 rings (SSSR count).